The maximum absolute atomic E-state index is 12.7. The average molecular weight is 437 g/mol. The van der Waals surface area contributed by atoms with Crippen LogP contribution in [0.5, 0.6) is 5.75 Å². The number of anilines is 1. The van der Waals surface area contributed by atoms with Gasteiger partial charge >= 0.3 is 0 Å². The number of nitrogens with zero attached hydrogens (tertiary/aromatic N) is 1. The summed E-state index contributed by atoms with van der Waals surface area (Å²) in [6.07, 6.45) is 0.953. The molecule has 1 heterocycles. The molecule has 0 unspecified atom stereocenters. The van der Waals surface area contributed by atoms with E-state index in [4.69, 9.17) is 16.3 Å². The summed E-state index contributed by atoms with van der Waals surface area (Å²) >= 11 is 6.04. The Kier molecular flexibility index (Phi) is 7.16. The molecule has 0 atom stereocenters. The van der Waals surface area contributed by atoms with Crippen molar-refractivity contribution in [2.75, 3.05) is 25.0 Å². The van der Waals surface area contributed by atoms with Crippen LogP contribution in [-0.2, 0) is 20.6 Å². The van der Waals surface area contributed by atoms with Crippen molar-refractivity contribution >= 4 is 33.2 Å². The molecule has 156 valence electrons. The SMILES string of the molecule is CCOc1ccc(Cl)cc1NC(=O)C1CCN(S(=O)(=O)Cc2ccccc2)CC1. The van der Waals surface area contributed by atoms with Gasteiger partial charge in [-0.05, 0) is 43.5 Å². The number of carbonyl (C=O) groups is 1. The highest BCUT2D eigenvalue weighted by Crippen LogP contribution is 2.30. The predicted octanol–water partition coefficient (Wildman–Crippen LogP) is 3.92. The van der Waals surface area contributed by atoms with Crippen LogP contribution in [0.15, 0.2) is 48.5 Å². The second kappa shape index (κ2) is 9.61. The van der Waals surface area contributed by atoms with Crippen LogP contribution < -0.4 is 10.1 Å². The van der Waals surface area contributed by atoms with Crippen LogP contribution in [-0.4, -0.2) is 38.3 Å². The number of halogens is 1. The first kappa shape index (κ1) is 21.6. The summed E-state index contributed by atoms with van der Waals surface area (Å²) in [4.78, 5) is 12.7. The number of amides is 1. The molecule has 2 aromatic carbocycles. The minimum absolute atomic E-state index is 0.0229. The number of nitrogens with one attached hydrogen (secondary N) is 1. The summed E-state index contributed by atoms with van der Waals surface area (Å²) in [5.74, 6) is 0.137. The number of piperidine rings is 1. The molecule has 0 spiro atoms. The van der Waals surface area contributed by atoms with E-state index in [0.717, 1.165) is 5.56 Å². The van der Waals surface area contributed by atoms with E-state index in [2.05, 4.69) is 5.32 Å². The molecule has 0 saturated carbocycles. The highest BCUT2D eigenvalue weighted by Gasteiger charge is 2.31. The minimum Gasteiger partial charge on any atom is -0.492 e. The van der Waals surface area contributed by atoms with E-state index in [-0.39, 0.29) is 17.6 Å². The highest BCUT2D eigenvalue weighted by molar-refractivity contribution is 7.88. The van der Waals surface area contributed by atoms with Gasteiger partial charge in [0.2, 0.25) is 15.9 Å². The lowest BCUT2D eigenvalue weighted by molar-refractivity contribution is -0.120. The second-order valence-corrected chi connectivity index (χ2v) is 9.38. The fourth-order valence-corrected chi connectivity index (χ4v) is 5.12. The lowest BCUT2D eigenvalue weighted by Gasteiger charge is -2.30. The third-order valence-electron chi connectivity index (χ3n) is 4.91. The molecule has 6 nitrogen and oxygen atoms in total. The highest BCUT2D eigenvalue weighted by atomic mass is 35.5. The molecule has 1 N–H and O–H groups in total. The molecule has 0 aromatic heterocycles. The molecule has 0 radical (unpaired) electrons. The molecular formula is C21H25ClN2O4S. The first-order valence-electron chi connectivity index (χ1n) is 9.64. The van der Waals surface area contributed by atoms with E-state index < -0.39 is 10.0 Å². The van der Waals surface area contributed by atoms with Crippen molar-refractivity contribution in [3.63, 3.8) is 0 Å². The van der Waals surface area contributed by atoms with Crippen LogP contribution in [0.3, 0.4) is 0 Å². The molecule has 8 heteroatoms. The van der Waals surface area contributed by atoms with Crippen molar-refractivity contribution in [3.8, 4) is 5.75 Å². The van der Waals surface area contributed by atoms with E-state index >= 15 is 0 Å². The van der Waals surface area contributed by atoms with Crippen LogP contribution in [0.25, 0.3) is 0 Å². The van der Waals surface area contributed by atoms with Crippen molar-refractivity contribution in [3.05, 3.63) is 59.1 Å². The number of hydrogen-bond acceptors (Lipinski definition) is 4. The molecule has 1 fully saturated rings. The normalized spacial score (nSPS) is 15.8. The van der Waals surface area contributed by atoms with Crippen LogP contribution >= 0.6 is 11.6 Å². The van der Waals surface area contributed by atoms with Crippen molar-refractivity contribution < 1.29 is 17.9 Å². The Bertz CT molecular complexity index is 942. The van der Waals surface area contributed by atoms with Crippen LogP contribution in [0.4, 0.5) is 5.69 Å². The summed E-state index contributed by atoms with van der Waals surface area (Å²) in [5.41, 5.74) is 1.29. The number of ether oxygens (including phenoxy) is 1. The second-order valence-electron chi connectivity index (χ2n) is 6.98. The Morgan fingerprint density at radius 3 is 2.52 bits per heavy atom. The summed E-state index contributed by atoms with van der Waals surface area (Å²) in [6.45, 7) is 3.01. The first-order chi connectivity index (χ1) is 13.9. The fourth-order valence-electron chi connectivity index (χ4n) is 3.39. The van der Waals surface area contributed by atoms with Gasteiger partial charge < -0.3 is 10.1 Å². The zero-order valence-corrected chi connectivity index (χ0v) is 17.9. The van der Waals surface area contributed by atoms with E-state index in [1.54, 1.807) is 30.3 Å². The van der Waals surface area contributed by atoms with Gasteiger partial charge in [-0.25, -0.2) is 12.7 Å². The quantitative estimate of drug-likeness (QED) is 0.713. The molecule has 2 aromatic rings. The summed E-state index contributed by atoms with van der Waals surface area (Å²) in [7, 11) is -3.40. The molecule has 0 aliphatic carbocycles. The summed E-state index contributed by atoms with van der Waals surface area (Å²) in [5, 5.41) is 3.39. The summed E-state index contributed by atoms with van der Waals surface area (Å²) < 4.78 is 32.4. The Morgan fingerprint density at radius 1 is 1.17 bits per heavy atom. The van der Waals surface area contributed by atoms with Gasteiger partial charge in [-0.2, -0.15) is 0 Å². The molecular weight excluding hydrogens is 412 g/mol. The maximum atomic E-state index is 12.7. The predicted molar refractivity (Wildman–Crippen MR) is 115 cm³/mol. The molecule has 1 aliphatic rings. The number of rotatable bonds is 7. The third kappa shape index (κ3) is 5.72. The van der Waals surface area contributed by atoms with Gasteiger partial charge in [-0.1, -0.05) is 41.9 Å². The van der Waals surface area contributed by atoms with E-state index in [9.17, 15) is 13.2 Å². The topological polar surface area (TPSA) is 75.7 Å². The van der Waals surface area contributed by atoms with Crippen LogP contribution in [0, 0.1) is 5.92 Å². The fraction of sp³-hybridized carbons (Fsp3) is 0.381. The van der Waals surface area contributed by atoms with Gasteiger partial charge in [0.1, 0.15) is 5.75 Å². The number of sulfonamides is 1. The smallest absolute Gasteiger partial charge is 0.227 e. The van der Waals surface area contributed by atoms with Gasteiger partial charge in [0.15, 0.2) is 0 Å². The molecule has 3 rings (SSSR count). The molecule has 1 aliphatic heterocycles. The Morgan fingerprint density at radius 2 is 1.86 bits per heavy atom. The molecule has 0 bridgehead atoms. The number of benzene rings is 2. The van der Waals surface area contributed by atoms with Gasteiger partial charge in [-0.15, -0.1) is 0 Å². The first-order valence-corrected chi connectivity index (χ1v) is 11.6. The number of carbonyl (C=O) groups excluding carboxylic acids is 1. The van der Waals surface area contributed by atoms with Crippen LogP contribution in [0.2, 0.25) is 5.02 Å². The van der Waals surface area contributed by atoms with E-state index in [1.807, 2.05) is 25.1 Å². The van der Waals surface area contributed by atoms with E-state index in [1.165, 1.54) is 4.31 Å². The molecule has 1 saturated heterocycles. The van der Waals surface area contributed by atoms with Gasteiger partial charge in [-0.3, -0.25) is 4.79 Å². The van der Waals surface area contributed by atoms with Crippen molar-refractivity contribution in [1.82, 2.24) is 4.31 Å². The van der Waals surface area contributed by atoms with Gasteiger partial charge in [0.25, 0.3) is 0 Å². The summed E-state index contributed by atoms with van der Waals surface area (Å²) in [6, 6.07) is 14.2. The zero-order valence-electron chi connectivity index (χ0n) is 16.3. The van der Waals surface area contributed by atoms with Gasteiger partial charge in [0.05, 0.1) is 18.0 Å². The Hall–Kier alpha value is -2.09. The average Bonchev–Trinajstić information content (AvgIpc) is 2.70. The monoisotopic (exact) mass is 436 g/mol. The largest absolute Gasteiger partial charge is 0.492 e. The van der Waals surface area contributed by atoms with Gasteiger partial charge in [0, 0.05) is 24.0 Å². The van der Waals surface area contributed by atoms with Crippen molar-refractivity contribution in [2.45, 2.75) is 25.5 Å². The maximum Gasteiger partial charge on any atom is 0.227 e. The molecule has 1 amide bonds. The van der Waals surface area contributed by atoms with Crippen LogP contribution in [0.1, 0.15) is 25.3 Å². The lowest BCUT2D eigenvalue weighted by Crippen LogP contribution is -2.41. The Balaban J connectivity index is 1.59. The molecule has 29 heavy (non-hydrogen) atoms. The standard InChI is InChI=1S/C21H25ClN2O4S/c1-2-28-20-9-8-18(22)14-19(20)23-21(25)17-10-12-24(13-11-17)29(26,27)15-16-6-4-3-5-7-16/h3-9,14,17H,2,10-13,15H2,1H3,(H,23,25). The minimum atomic E-state index is -3.40. The Labute approximate surface area is 176 Å². The van der Waals surface area contributed by atoms with Crippen molar-refractivity contribution in [1.29, 1.82) is 0 Å². The van der Waals surface area contributed by atoms with E-state index in [0.29, 0.717) is 49.0 Å². The van der Waals surface area contributed by atoms with Crippen molar-refractivity contribution in [2.24, 2.45) is 5.92 Å². The zero-order chi connectivity index (χ0) is 20.9. The third-order valence-corrected chi connectivity index (χ3v) is 6.99. The lowest BCUT2D eigenvalue weighted by atomic mass is 9.97. The number of hydrogen-bond donors (Lipinski definition) is 1.